The zero-order chi connectivity index (χ0) is 41.6. The number of carbonyl (C=O) groups is 4. The van der Waals surface area contributed by atoms with Crippen molar-refractivity contribution in [3.8, 4) is 11.6 Å². The first-order valence-electron chi connectivity index (χ1n) is 20.5. The number of rotatable bonds is 10. The molecule has 3 heterocycles. The maximum absolute atomic E-state index is 15.1. The quantitative estimate of drug-likeness (QED) is 0.177. The number of fused-ring (bicyclic) bond motifs is 3. The van der Waals surface area contributed by atoms with Gasteiger partial charge in [-0.25, -0.2) is 13.4 Å². The molecule has 2 aliphatic heterocycles. The van der Waals surface area contributed by atoms with Crippen LogP contribution in [-0.2, 0) is 24.4 Å². The lowest BCUT2D eigenvalue weighted by Crippen LogP contribution is -2.48. The van der Waals surface area contributed by atoms with Crippen molar-refractivity contribution in [1.29, 1.82) is 0 Å². The highest BCUT2D eigenvalue weighted by atomic mass is 32.2. The van der Waals surface area contributed by atoms with Crippen LogP contribution in [0.15, 0.2) is 66.9 Å². The normalized spacial score (nSPS) is 29.0. The Balaban J connectivity index is 1.23. The van der Waals surface area contributed by atoms with Crippen LogP contribution in [0.3, 0.4) is 0 Å². The number of amides is 2. The topological polar surface area (TPSA) is 152 Å². The number of aromatic nitrogens is 1. The highest BCUT2D eigenvalue weighted by Gasteiger charge is 2.62. The van der Waals surface area contributed by atoms with Gasteiger partial charge in [-0.1, -0.05) is 26.0 Å². The summed E-state index contributed by atoms with van der Waals surface area (Å²) in [6.07, 6.45) is 8.38. The summed E-state index contributed by atoms with van der Waals surface area (Å²) in [7, 11) is 1.50. The van der Waals surface area contributed by atoms with E-state index in [1.165, 1.54) is 0 Å². The number of pyridine rings is 1. The van der Waals surface area contributed by atoms with E-state index < -0.39 is 44.2 Å². The number of anilines is 1. The van der Waals surface area contributed by atoms with Gasteiger partial charge in [0, 0.05) is 62.1 Å². The molecule has 12 nitrogen and oxygen atoms in total. The van der Waals surface area contributed by atoms with Crippen LogP contribution < -0.4 is 19.1 Å². The van der Waals surface area contributed by atoms with Gasteiger partial charge in [-0.2, -0.15) is 0 Å². The second-order valence-corrected chi connectivity index (χ2v) is 19.9. The van der Waals surface area contributed by atoms with Crippen LogP contribution in [0, 0.1) is 29.1 Å². The Hall–Kier alpha value is -4.78. The van der Waals surface area contributed by atoms with Crippen LogP contribution in [-0.4, -0.2) is 86.3 Å². The molecule has 2 aliphatic carbocycles. The fraction of sp³-hybridized carbons (Fsp3) is 0.533. The van der Waals surface area contributed by atoms with Crippen molar-refractivity contribution in [3.63, 3.8) is 0 Å². The molecule has 2 aromatic carbocycles. The number of allylic oxidation sites excluding steroid dienone is 2. The van der Waals surface area contributed by atoms with Gasteiger partial charge in [-0.15, -0.1) is 0 Å². The Morgan fingerprint density at radius 1 is 1.03 bits per heavy atom. The number of carbonyl (C=O) groups excluding carboxylic acids is 4. The van der Waals surface area contributed by atoms with E-state index in [0.717, 1.165) is 29.3 Å². The third-order valence-electron chi connectivity index (χ3n) is 13.1. The molecule has 4 aliphatic rings. The molecular formula is C45H56N4O8S. The van der Waals surface area contributed by atoms with Crippen molar-refractivity contribution in [2.45, 2.75) is 95.5 Å². The maximum atomic E-state index is 15.1. The first-order chi connectivity index (χ1) is 27.5. The van der Waals surface area contributed by atoms with Crippen molar-refractivity contribution >= 4 is 49.9 Å². The highest BCUT2D eigenvalue weighted by molar-refractivity contribution is 7.91. The molecule has 3 aromatic rings. The molecule has 3 fully saturated rings. The summed E-state index contributed by atoms with van der Waals surface area (Å²) in [4.78, 5) is 65.9. The summed E-state index contributed by atoms with van der Waals surface area (Å²) in [5.74, 6) is -1.46. The average molecular weight is 813 g/mol. The molecule has 2 amide bonds. The molecule has 7 rings (SSSR count). The number of ether oxygens (including phenoxy) is 2. The standard InChI is InChI=1S/C45H56N4O8S/c1-28-9-7-8-10-32-25-45(32,43(53)47-58(54,55)44(3)18-19-44)26-40(51)38-23-35(57-41-36-16-15-34(56-6)22-31(36)17-20-46-41)27-49(38)42(52)37(29(2)21-28)24-39(50)30-11-13-33(14-12-30)48(4)5/h8,10-17,20,22,28-29,32,35,37-38H,7,9,18-19,21,23-27H2,1-6H3,(H,47,53)/b10-8-/t28-,29-,32-,35-,37+,38+,45-/m1/s1. The van der Waals surface area contributed by atoms with E-state index in [0.29, 0.717) is 42.9 Å². The molecule has 1 N–H and O–H groups in total. The Labute approximate surface area is 341 Å². The highest BCUT2D eigenvalue weighted by Crippen LogP contribution is 2.57. The molecule has 7 atom stereocenters. The second kappa shape index (κ2) is 16.1. The predicted octanol–water partition coefficient (Wildman–Crippen LogP) is 6.52. The Morgan fingerprint density at radius 2 is 1.78 bits per heavy atom. The third-order valence-corrected chi connectivity index (χ3v) is 15.3. The molecule has 0 unspecified atom stereocenters. The molecule has 0 radical (unpaired) electrons. The van der Waals surface area contributed by atoms with Gasteiger partial charge in [0.05, 0.1) is 29.9 Å². The lowest BCUT2D eigenvalue weighted by Gasteiger charge is -2.32. The predicted molar refractivity (Wildman–Crippen MR) is 222 cm³/mol. The minimum Gasteiger partial charge on any atom is -0.497 e. The van der Waals surface area contributed by atoms with Crippen LogP contribution in [0.2, 0.25) is 0 Å². The Bertz CT molecular complexity index is 2220. The largest absolute Gasteiger partial charge is 0.497 e. The smallest absolute Gasteiger partial charge is 0.240 e. The third kappa shape index (κ3) is 8.37. The molecule has 0 bridgehead atoms. The molecule has 0 spiro atoms. The van der Waals surface area contributed by atoms with E-state index in [-0.39, 0.29) is 61.0 Å². The van der Waals surface area contributed by atoms with Gasteiger partial charge in [-0.3, -0.25) is 23.9 Å². The van der Waals surface area contributed by atoms with Gasteiger partial charge in [-0.05, 0) is 117 Å². The zero-order valence-electron chi connectivity index (χ0n) is 34.4. The monoisotopic (exact) mass is 812 g/mol. The zero-order valence-corrected chi connectivity index (χ0v) is 35.2. The van der Waals surface area contributed by atoms with Gasteiger partial charge in [0.25, 0.3) is 0 Å². The van der Waals surface area contributed by atoms with Crippen LogP contribution in [0.25, 0.3) is 10.8 Å². The summed E-state index contributed by atoms with van der Waals surface area (Å²) >= 11 is 0. The molecular weight excluding hydrogens is 757 g/mol. The number of nitrogens with zero attached hydrogens (tertiary/aromatic N) is 3. The van der Waals surface area contributed by atoms with E-state index in [2.05, 4.69) is 16.6 Å². The Kier molecular flexibility index (Phi) is 11.5. The molecule has 310 valence electrons. The first-order valence-corrected chi connectivity index (χ1v) is 22.0. The van der Waals surface area contributed by atoms with E-state index in [1.54, 1.807) is 37.3 Å². The van der Waals surface area contributed by atoms with Gasteiger partial charge < -0.3 is 19.3 Å². The lowest BCUT2D eigenvalue weighted by molar-refractivity contribution is -0.143. The minimum atomic E-state index is -3.95. The molecule has 1 aromatic heterocycles. The van der Waals surface area contributed by atoms with Crippen LogP contribution >= 0.6 is 0 Å². The number of ketones is 2. The number of nitrogens with one attached hydrogen (secondary N) is 1. The van der Waals surface area contributed by atoms with Crippen molar-refractivity contribution in [3.05, 3.63) is 72.4 Å². The van der Waals surface area contributed by atoms with E-state index >= 15 is 4.79 Å². The van der Waals surface area contributed by atoms with Crippen molar-refractivity contribution in [2.75, 3.05) is 32.6 Å². The van der Waals surface area contributed by atoms with Gasteiger partial charge in [0.15, 0.2) is 11.6 Å². The number of sulfonamides is 1. The number of benzene rings is 2. The minimum absolute atomic E-state index is 0.0331. The summed E-state index contributed by atoms with van der Waals surface area (Å²) < 4.78 is 39.9. The molecule has 1 saturated heterocycles. The summed E-state index contributed by atoms with van der Waals surface area (Å²) in [5, 5.41) is 1.59. The number of Topliss-reactive ketones (excluding diaryl/α,β-unsaturated/α-hetero) is 2. The molecule has 13 heteroatoms. The molecule has 2 saturated carbocycles. The maximum Gasteiger partial charge on any atom is 0.240 e. The number of hydrogen-bond donors (Lipinski definition) is 1. The summed E-state index contributed by atoms with van der Waals surface area (Å²) in [6, 6.07) is 13.8. The van der Waals surface area contributed by atoms with Gasteiger partial charge in [0.2, 0.25) is 27.7 Å². The second-order valence-electron chi connectivity index (χ2n) is 17.7. The first kappa shape index (κ1) is 41.4. The van der Waals surface area contributed by atoms with Gasteiger partial charge >= 0.3 is 0 Å². The van der Waals surface area contributed by atoms with Crippen LogP contribution in [0.5, 0.6) is 11.6 Å². The number of hydrogen-bond acceptors (Lipinski definition) is 10. The van der Waals surface area contributed by atoms with Crippen molar-refractivity contribution < 1.29 is 37.1 Å². The van der Waals surface area contributed by atoms with Gasteiger partial charge in [0.1, 0.15) is 11.9 Å². The van der Waals surface area contributed by atoms with E-state index in [9.17, 15) is 22.8 Å². The van der Waals surface area contributed by atoms with Crippen molar-refractivity contribution in [2.24, 2.45) is 29.1 Å². The lowest BCUT2D eigenvalue weighted by atomic mass is 9.80. The summed E-state index contributed by atoms with van der Waals surface area (Å²) in [6.45, 7) is 5.85. The molecule has 58 heavy (non-hydrogen) atoms. The summed E-state index contributed by atoms with van der Waals surface area (Å²) in [5.41, 5.74) is 0.199. The van der Waals surface area contributed by atoms with Crippen LogP contribution in [0.1, 0.15) is 88.9 Å². The Morgan fingerprint density at radius 3 is 2.47 bits per heavy atom. The fourth-order valence-corrected chi connectivity index (χ4v) is 10.2. The van der Waals surface area contributed by atoms with E-state index in [1.807, 2.05) is 74.5 Å². The fourth-order valence-electron chi connectivity index (χ4n) is 8.86. The number of methoxy groups -OCH3 is 1. The SMILES string of the molecule is COc1ccc2c(O[C@@H]3C[C@H]4C(=O)C[C@]5(C(=O)NS(=O)(=O)C6(C)CC6)C[C@H]5/C=C\CC[C@@H](C)C[C@@H](C)[C@H](CC(=O)c5ccc(N(C)C)cc5)C(=O)N4C3)nccc2c1. The van der Waals surface area contributed by atoms with Crippen molar-refractivity contribution in [1.82, 2.24) is 14.6 Å². The van der Waals surface area contributed by atoms with Crippen LogP contribution in [0.4, 0.5) is 5.69 Å². The van der Waals surface area contributed by atoms with E-state index in [4.69, 9.17) is 9.47 Å². The average Bonchev–Trinajstić information content (AvgIpc) is 4.08.